The van der Waals surface area contributed by atoms with Crippen molar-refractivity contribution in [2.75, 3.05) is 10.5 Å². The molecule has 0 aliphatic rings. The van der Waals surface area contributed by atoms with Gasteiger partial charge in [-0.1, -0.05) is 23.8 Å². The van der Waals surface area contributed by atoms with E-state index in [4.69, 9.17) is 0 Å². The van der Waals surface area contributed by atoms with Crippen molar-refractivity contribution in [2.24, 2.45) is 0 Å². The van der Waals surface area contributed by atoms with Crippen molar-refractivity contribution in [2.45, 2.75) is 33.7 Å². The molecule has 2 rings (SSSR count). The normalized spacial score (nSPS) is 12.5. The summed E-state index contributed by atoms with van der Waals surface area (Å²) in [4.78, 5) is 12.4. The molecular weight excluding hydrogens is 336 g/mol. The highest BCUT2D eigenvalue weighted by atomic mass is 32.2. The molecule has 0 saturated carbocycles. The van der Waals surface area contributed by atoms with Gasteiger partial charge in [0.05, 0.1) is 11.8 Å². The molecule has 0 bridgehead atoms. The van der Waals surface area contributed by atoms with Gasteiger partial charge in [0.2, 0.25) is 10.0 Å². The summed E-state index contributed by atoms with van der Waals surface area (Å²) in [7, 11) is -3.32. The molecule has 0 radical (unpaired) electrons. The highest BCUT2D eigenvalue weighted by Gasteiger charge is 2.14. The fourth-order valence-electron chi connectivity index (χ4n) is 2.53. The van der Waals surface area contributed by atoms with E-state index in [1.165, 1.54) is 0 Å². The van der Waals surface area contributed by atoms with Crippen LogP contribution in [0.1, 0.15) is 46.9 Å². The molecule has 1 unspecified atom stereocenters. The largest absolute Gasteiger partial charge is 0.346 e. The van der Waals surface area contributed by atoms with Crippen LogP contribution in [0.15, 0.2) is 42.5 Å². The second-order valence-corrected chi connectivity index (χ2v) is 8.15. The predicted molar refractivity (Wildman–Crippen MR) is 101 cm³/mol. The van der Waals surface area contributed by atoms with Crippen molar-refractivity contribution in [3.05, 3.63) is 64.7 Å². The Hall–Kier alpha value is -2.34. The smallest absolute Gasteiger partial charge is 0.251 e. The molecule has 0 aromatic heterocycles. The number of carbonyl (C=O) groups excluding carboxylic acids is 1. The van der Waals surface area contributed by atoms with Gasteiger partial charge in [-0.25, -0.2) is 8.42 Å². The molecule has 6 heteroatoms. The van der Waals surface area contributed by atoms with E-state index in [2.05, 4.69) is 16.1 Å². The second kappa shape index (κ2) is 7.70. The Morgan fingerprint density at radius 1 is 1.08 bits per heavy atom. The first-order valence-electron chi connectivity index (χ1n) is 8.20. The number of anilines is 1. The summed E-state index contributed by atoms with van der Waals surface area (Å²) >= 11 is 0. The van der Waals surface area contributed by atoms with Crippen LogP contribution in [0.4, 0.5) is 5.69 Å². The number of aryl methyl sites for hydroxylation is 2. The lowest BCUT2D eigenvalue weighted by Gasteiger charge is -2.17. The zero-order valence-electron chi connectivity index (χ0n) is 15.0. The number of rotatable bonds is 6. The van der Waals surface area contributed by atoms with Crippen LogP contribution in [0, 0.1) is 13.8 Å². The predicted octanol–water partition coefficient (Wildman–Crippen LogP) is 3.56. The van der Waals surface area contributed by atoms with E-state index in [1.807, 2.05) is 32.9 Å². The second-order valence-electron chi connectivity index (χ2n) is 6.14. The van der Waals surface area contributed by atoms with Crippen molar-refractivity contribution in [1.29, 1.82) is 0 Å². The number of nitrogens with one attached hydrogen (secondary N) is 2. The van der Waals surface area contributed by atoms with E-state index in [0.717, 1.165) is 16.7 Å². The van der Waals surface area contributed by atoms with Crippen molar-refractivity contribution < 1.29 is 13.2 Å². The molecule has 25 heavy (non-hydrogen) atoms. The van der Waals surface area contributed by atoms with E-state index >= 15 is 0 Å². The van der Waals surface area contributed by atoms with Crippen molar-refractivity contribution in [3.63, 3.8) is 0 Å². The maximum Gasteiger partial charge on any atom is 0.251 e. The van der Waals surface area contributed by atoms with Gasteiger partial charge >= 0.3 is 0 Å². The third-order valence-electron chi connectivity index (χ3n) is 4.05. The van der Waals surface area contributed by atoms with Gasteiger partial charge in [-0.3, -0.25) is 9.52 Å². The average molecular weight is 360 g/mol. The summed E-state index contributed by atoms with van der Waals surface area (Å²) in [5, 5.41) is 2.98. The van der Waals surface area contributed by atoms with Crippen molar-refractivity contribution >= 4 is 21.6 Å². The van der Waals surface area contributed by atoms with E-state index < -0.39 is 10.0 Å². The van der Waals surface area contributed by atoms with Gasteiger partial charge in [-0.2, -0.15) is 0 Å². The summed E-state index contributed by atoms with van der Waals surface area (Å²) in [6.07, 6.45) is 0. The monoisotopic (exact) mass is 360 g/mol. The highest BCUT2D eigenvalue weighted by Crippen LogP contribution is 2.20. The molecule has 1 atom stereocenters. The van der Waals surface area contributed by atoms with Gasteiger partial charge in [0.1, 0.15) is 0 Å². The number of hydrogen-bond acceptors (Lipinski definition) is 3. The number of hydrogen-bond donors (Lipinski definition) is 2. The molecule has 0 aliphatic heterocycles. The van der Waals surface area contributed by atoms with E-state index in [1.54, 1.807) is 31.2 Å². The van der Waals surface area contributed by atoms with Gasteiger partial charge in [0.15, 0.2) is 0 Å². The zero-order valence-corrected chi connectivity index (χ0v) is 15.8. The molecular formula is C19H24N2O3S. The van der Waals surface area contributed by atoms with Gasteiger partial charge in [-0.05, 0) is 63.1 Å². The van der Waals surface area contributed by atoms with Crippen LogP contribution in [-0.4, -0.2) is 20.1 Å². The van der Waals surface area contributed by atoms with Crippen LogP contribution in [0.2, 0.25) is 0 Å². The summed E-state index contributed by atoms with van der Waals surface area (Å²) in [6.45, 7) is 7.56. The van der Waals surface area contributed by atoms with Crippen LogP contribution in [0.3, 0.4) is 0 Å². The first-order valence-corrected chi connectivity index (χ1v) is 9.85. The fraction of sp³-hybridized carbons (Fsp3) is 0.316. The van der Waals surface area contributed by atoms with Crippen LogP contribution in [0.5, 0.6) is 0 Å². The van der Waals surface area contributed by atoms with Crippen molar-refractivity contribution in [1.82, 2.24) is 5.32 Å². The molecule has 2 aromatic rings. The Morgan fingerprint density at radius 3 is 2.32 bits per heavy atom. The molecule has 1 amide bonds. The fourth-order valence-corrected chi connectivity index (χ4v) is 3.17. The lowest BCUT2D eigenvalue weighted by molar-refractivity contribution is 0.0940. The molecule has 0 saturated heterocycles. The van der Waals surface area contributed by atoms with E-state index in [-0.39, 0.29) is 17.7 Å². The molecule has 0 aliphatic carbocycles. The minimum atomic E-state index is -3.32. The standard InChI is InChI=1S/C19H24N2O3S/c1-5-25(23,24)21-17-10-8-16(9-11-17)19(22)20-15(4)18-12-13(2)6-7-14(18)3/h6-12,15,21H,5H2,1-4H3,(H,20,22). The zero-order chi connectivity index (χ0) is 18.6. The van der Waals surface area contributed by atoms with Gasteiger partial charge in [0, 0.05) is 11.3 Å². The molecule has 134 valence electrons. The number of sulfonamides is 1. The first-order chi connectivity index (χ1) is 11.7. The Bertz CT molecular complexity index is 859. The summed E-state index contributed by atoms with van der Waals surface area (Å²) in [5.41, 5.74) is 4.29. The lowest BCUT2D eigenvalue weighted by atomic mass is 9.99. The minimum Gasteiger partial charge on any atom is -0.346 e. The third-order valence-corrected chi connectivity index (χ3v) is 5.36. The average Bonchev–Trinajstić information content (AvgIpc) is 2.57. The van der Waals surface area contributed by atoms with Crippen LogP contribution >= 0.6 is 0 Å². The molecule has 5 nitrogen and oxygen atoms in total. The first kappa shape index (κ1) is 19.0. The van der Waals surface area contributed by atoms with E-state index in [9.17, 15) is 13.2 Å². The Kier molecular flexibility index (Phi) is 5.85. The van der Waals surface area contributed by atoms with Crippen molar-refractivity contribution in [3.8, 4) is 0 Å². The summed E-state index contributed by atoms with van der Waals surface area (Å²) in [5.74, 6) is -0.193. The quantitative estimate of drug-likeness (QED) is 0.827. The van der Waals surface area contributed by atoms with Gasteiger partial charge < -0.3 is 5.32 Å². The summed E-state index contributed by atoms with van der Waals surface area (Å²) in [6, 6.07) is 12.4. The molecule has 2 aromatic carbocycles. The minimum absolute atomic E-state index is 0.00258. The number of carbonyl (C=O) groups is 1. The maximum atomic E-state index is 12.4. The highest BCUT2D eigenvalue weighted by molar-refractivity contribution is 7.92. The third kappa shape index (κ3) is 5.06. The Balaban J connectivity index is 2.09. The maximum absolute atomic E-state index is 12.4. The topological polar surface area (TPSA) is 75.3 Å². The van der Waals surface area contributed by atoms with Gasteiger partial charge in [-0.15, -0.1) is 0 Å². The molecule has 0 spiro atoms. The Morgan fingerprint density at radius 2 is 1.72 bits per heavy atom. The van der Waals surface area contributed by atoms with Crippen LogP contribution in [-0.2, 0) is 10.0 Å². The number of amides is 1. The Labute approximate surface area is 149 Å². The van der Waals surface area contributed by atoms with E-state index in [0.29, 0.717) is 11.3 Å². The molecule has 0 fully saturated rings. The molecule has 2 N–H and O–H groups in total. The summed E-state index contributed by atoms with van der Waals surface area (Å²) < 4.78 is 25.6. The van der Waals surface area contributed by atoms with Gasteiger partial charge in [0.25, 0.3) is 5.91 Å². The van der Waals surface area contributed by atoms with Crippen LogP contribution < -0.4 is 10.0 Å². The number of benzene rings is 2. The van der Waals surface area contributed by atoms with Crippen LogP contribution in [0.25, 0.3) is 0 Å². The lowest BCUT2D eigenvalue weighted by Crippen LogP contribution is -2.27. The SMILES string of the molecule is CCS(=O)(=O)Nc1ccc(C(=O)NC(C)c2cc(C)ccc2C)cc1. The molecule has 0 heterocycles.